The summed E-state index contributed by atoms with van der Waals surface area (Å²) in [6.07, 6.45) is 2.49. The number of hydrogen-bond acceptors (Lipinski definition) is 2. The van der Waals surface area contributed by atoms with E-state index in [9.17, 15) is 4.21 Å². The van der Waals surface area contributed by atoms with E-state index in [1.54, 1.807) is 0 Å². The molecule has 1 aliphatic rings. The second-order valence-electron chi connectivity index (χ2n) is 2.48. The molecule has 1 unspecified atom stereocenters. The van der Waals surface area contributed by atoms with Gasteiger partial charge in [0.25, 0.3) is 0 Å². The second-order valence-corrected chi connectivity index (χ2v) is 4.10. The van der Waals surface area contributed by atoms with E-state index in [1.807, 2.05) is 0 Å². The highest BCUT2D eigenvalue weighted by Crippen LogP contribution is 2.29. The quantitative estimate of drug-likeness (QED) is 0.615. The molecule has 0 aromatic carbocycles. The van der Waals surface area contributed by atoms with Gasteiger partial charge >= 0.3 is 0 Å². The molecule has 0 saturated heterocycles. The number of hydrogen-bond donors (Lipinski definition) is 1. The third-order valence-corrected chi connectivity index (χ3v) is 2.92. The maximum absolute atomic E-state index is 10.8. The summed E-state index contributed by atoms with van der Waals surface area (Å²) in [5.74, 6) is 2.01. The van der Waals surface area contributed by atoms with E-state index in [4.69, 9.17) is 5.11 Å². The lowest BCUT2D eigenvalue weighted by Crippen LogP contribution is -2.06. The Morgan fingerprint density at radius 2 is 2.22 bits per heavy atom. The minimum Gasteiger partial charge on any atom is -0.395 e. The zero-order valence-corrected chi connectivity index (χ0v) is 6.19. The van der Waals surface area contributed by atoms with E-state index < -0.39 is 10.8 Å². The van der Waals surface area contributed by atoms with Crippen molar-refractivity contribution in [2.75, 3.05) is 18.1 Å². The van der Waals surface area contributed by atoms with E-state index >= 15 is 0 Å². The summed E-state index contributed by atoms with van der Waals surface area (Å²) in [4.78, 5) is 0. The highest BCUT2D eigenvalue weighted by molar-refractivity contribution is 7.85. The van der Waals surface area contributed by atoms with Crippen molar-refractivity contribution in [2.45, 2.75) is 12.8 Å². The van der Waals surface area contributed by atoms with Crippen LogP contribution in [0.15, 0.2) is 0 Å². The van der Waals surface area contributed by atoms with Gasteiger partial charge in [0, 0.05) is 22.3 Å². The molecule has 1 saturated carbocycles. The Labute approximate surface area is 57.7 Å². The van der Waals surface area contributed by atoms with E-state index in [0.29, 0.717) is 5.75 Å². The first-order valence-corrected chi connectivity index (χ1v) is 4.77. The third-order valence-electron chi connectivity index (χ3n) is 1.44. The van der Waals surface area contributed by atoms with Crippen LogP contribution in [0.4, 0.5) is 0 Å². The Hall–Kier alpha value is 0.110. The van der Waals surface area contributed by atoms with Crippen molar-refractivity contribution in [3.8, 4) is 0 Å². The molecule has 1 fully saturated rings. The van der Waals surface area contributed by atoms with Gasteiger partial charge in [-0.25, -0.2) is 0 Å². The van der Waals surface area contributed by atoms with Crippen LogP contribution in [-0.4, -0.2) is 27.4 Å². The van der Waals surface area contributed by atoms with Crippen LogP contribution in [0.25, 0.3) is 0 Å². The maximum atomic E-state index is 10.8. The molecule has 2 nitrogen and oxygen atoms in total. The zero-order chi connectivity index (χ0) is 6.69. The van der Waals surface area contributed by atoms with E-state index in [-0.39, 0.29) is 6.61 Å². The summed E-state index contributed by atoms with van der Waals surface area (Å²) in [6.45, 7) is 0.0688. The van der Waals surface area contributed by atoms with Crippen molar-refractivity contribution in [1.82, 2.24) is 0 Å². The number of aliphatic hydroxyl groups excluding tert-OH is 1. The maximum Gasteiger partial charge on any atom is 0.0546 e. The van der Waals surface area contributed by atoms with E-state index in [0.717, 1.165) is 11.7 Å². The molecule has 0 radical (unpaired) electrons. The molecule has 1 rings (SSSR count). The van der Waals surface area contributed by atoms with Crippen LogP contribution in [0.2, 0.25) is 0 Å². The van der Waals surface area contributed by atoms with Gasteiger partial charge in [-0.05, 0) is 18.8 Å². The summed E-state index contributed by atoms with van der Waals surface area (Å²) in [7, 11) is -0.738. The SMILES string of the molecule is O=S(CCO)CC1CC1. The first-order chi connectivity index (χ1) is 4.33. The van der Waals surface area contributed by atoms with Gasteiger partial charge in [-0.3, -0.25) is 4.21 Å². The van der Waals surface area contributed by atoms with Crippen molar-refractivity contribution in [3.63, 3.8) is 0 Å². The molecule has 54 valence electrons. The van der Waals surface area contributed by atoms with Crippen LogP contribution < -0.4 is 0 Å². The van der Waals surface area contributed by atoms with Gasteiger partial charge in [-0.15, -0.1) is 0 Å². The predicted molar refractivity (Wildman–Crippen MR) is 37.7 cm³/mol. The van der Waals surface area contributed by atoms with Gasteiger partial charge in [0.1, 0.15) is 0 Å². The lowest BCUT2D eigenvalue weighted by molar-refractivity contribution is 0.321. The van der Waals surface area contributed by atoms with E-state index in [2.05, 4.69) is 0 Å². The molecule has 3 heteroatoms. The van der Waals surface area contributed by atoms with Crippen molar-refractivity contribution < 1.29 is 9.32 Å². The van der Waals surface area contributed by atoms with Gasteiger partial charge in [0.15, 0.2) is 0 Å². The average Bonchev–Trinajstić information content (AvgIpc) is 2.50. The lowest BCUT2D eigenvalue weighted by Gasteiger charge is -1.94. The molecule has 1 N–H and O–H groups in total. The molecule has 9 heavy (non-hydrogen) atoms. The van der Waals surface area contributed by atoms with Gasteiger partial charge in [-0.1, -0.05) is 0 Å². The Bertz CT molecular complexity index is 110. The number of rotatable bonds is 4. The highest BCUT2D eigenvalue weighted by atomic mass is 32.2. The van der Waals surface area contributed by atoms with Crippen LogP contribution in [0.1, 0.15) is 12.8 Å². The van der Waals surface area contributed by atoms with E-state index in [1.165, 1.54) is 12.8 Å². The Morgan fingerprint density at radius 3 is 2.67 bits per heavy atom. The standard InChI is InChI=1S/C6H12O2S/c7-3-4-9(8)5-6-1-2-6/h6-7H,1-5H2. The monoisotopic (exact) mass is 148 g/mol. The Balaban J connectivity index is 2.02. The van der Waals surface area contributed by atoms with Gasteiger partial charge in [0.2, 0.25) is 0 Å². The molecule has 0 heterocycles. The van der Waals surface area contributed by atoms with Crippen molar-refractivity contribution in [1.29, 1.82) is 0 Å². The molecule has 0 bridgehead atoms. The molecular formula is C6H12O2S. The van der Waals surface area contributed by atoms with Gasteiger partial charge in [0.05, 0.1) is 6.61 Å². The smallest absolute Gasteiger partial charge is 0.0546 e. The van der Waals surface area contributed by atoms with Crippen molar-refractivity contribution in [2.24, 2.45) is 5.92 Å². The summed E-state index contributed by atoms with van der Waals surface area (Å²) >= 11 is 0. The molecule has 1 atom stereocenters. The summed E-state index contributed by atoms with van der Waals surface area (Å²) < 4.78 is 10.8. The number of aliphatic hydroxyl groups is 1. The van der Waals surface area contributed by atoms with Gasteiger partial charge in [-0.2, -0.15) is 0 Å². The molecule has 0 amide bonds. The highest BCUT2D eigenvalue weighted by Gasteiger charge is 2.23. The minimum absolute atomic E-state index is 0.0688. The normalized spacial score (nSPS) is 21.9. The molecule has 0 aromatic rings. The first-order valence-electron chi connectivity index (χ1n) is 3.28. The fourth-order valence-electron chi connectivity index (χ4n) is 0.733. The fourth-order valence-corrected chi connectivity index (χ4v) is 1.96. The summed E-state index contributed by atoms with van der Waals surface area (Å²) in [6, 6.07) is 0. The molecule has 0 spiro atoms. The zero-order valence-electron chi connectivity index (χ0n) is 5.38. The van der Waals surface area contributed by atoms with Crippen LogP contribution in [-0.2, 0) is 10.8 Å². The Morgan fingerprint density at radius 1 is 1.56 bits per heavy atom. The van der Waals surface area contributed by atoms with Crippen LogP contribution in [0.3, 0.4) is 0 Å². The molecule has 0 aliphatic heterocycles. The molecular weight excluding hydrogens is 136 g/mol. The van der Waals surface area contributed by atoms with Crippen molar-refractivity contribution in [3.05, 3.63) is 0 Å². The predicted octanol–water partition coefficient (Wildman–Crippen LogP) is 0.137. The topological polar surface area (TPSA) is 37.3 Å². The summed E-state index contributed by atoms with van der Waals surface area (Å²) in [5.41, 5.74) is 0. The molecule has 0 aromatic heterocycles. The lowest BCUT2D eigenvalue weighted by atomic mass is 10.5. The fraction of sp³-hybridized carbons (Fsp3) is 1.00. The van der Waals surface area contributed by atoms with Crippen molar-refractivity contribution >= 4 is 10.8 Å². The second kappa shape index (κ2) is 3.32. The van der Waals surface area contributed by atoms with Crippen LogP contribution >= 0.6 is 0 Å². The van der Waals surface area contributed by atoms with Gasteiger partial charge < -0.3 is 5.11 Å². The first kappa shape index (κ1) is 7.22. The Kier molecular flexibility index (Phi) is 2.66. The summed E-state index contributed by atoms with van der Waals surface area (Å²) in [5, 5.41) is 8.38. The average molecular weight is 148 g/mol. The third kappa shape index (κ3) is 2.96. The largest absolute Gasteiger partial charge is 0.395 e. The van der Waals surface area contributed by atoms with Crippen LogP contribution in [0, 0.1) is 5.92 Å². The molecule has 1 aliphatic carbocycles. The van der Waals surface area contributed by atoms with Crippen LogP contribution in [0.5, 0.6) is 0 Å². The minimum atomic E-state index is -0.738.